The third-order valence-corrected chi connectivity index (χ3v) is 8.01. The summed E-state index contributed by atoms with van der Waals surface area (Å²) in [6.07, 6.45) is 0.813. The van der Waals surface area contributed by atoms with E-state index < -0.39 is 26.4 Å². The number of ether oxygens (including phenoxy) is 1. The number of amides is 2. The van der Waals surface area contributed by atoms with Crippen molar-refractivity contribution in [3.63, 3.8) is 0 Å². The minimum atomic E-state index is -1.76. The summed E-state index contributed by atoms with van der Waals surface area (Å²) < 4.78 is 12.7. The second kappa shape index (κ2) is 12.3. The van der Waals surface area contributed by atoms with E-state index in [-0.39, 0.29) is 18.6 Å². The molecule has 3 atom stereocenters. The Morgan fingerprint density at radius 2 is 1.71 bits per heavy atom. The molecule has 0 aliphatic carbocycles. The van der Waals surface area contributed by atoms with Gasteiger partial charge in [-0.25, -0.2) is 9.69 Å². The van der Waals surface area contributed by atoms with Crippen molar-refractivity contribution >= 4 is 48.6 Å². The van der Waals surface area contributed by atoms with Crippen LogP contribution in [0.15, 0.2) is 78.9 Å². The molecular weight excluding hydrogens is 607 g/mol. The monoisotopic (exact) mass is 642 g/mol. The van der Waals surface area contributed by atoms with E-state index in [1.54, 1.807) is 0 Å². The molecule has 8 heteroatoms. The minimum absolute atomic E-state index is 0.158. The molecule has 38 heavy (non-hydrogen) atoms. The number of imide groups is 1. The van der Waals surface area contributed by atoms with Gasteiger partial charge in [-0.1, -0.05) is 55.8 Å². The number of benzene rings is 3. The second-order valence-corrected chi connectivity index (χ2v) is 16.2. The summed E-state index contributed by atoms with van der Waals surface area (Å²) in [5, 5.41) is 3.61. The Labute approximate surface area is 240 Å². The van der Waals surface area contributed by atoms with E-state index in [0.29, 0.717) is 6.42 Å². The van der Waals surface area contributed by atoms with Crippen LogP contribution in [-0.2, 0) is 9.53 Å². The standard InChI is InChI=1S/C30H35IN2O4Si/c1-5-9-26(29(34)33-27(20-36-30(33)35)21-10-7-6-8-11-21)28(32-24-16-14-23(31)15-17-24)22-12-18-25(19-13-22)37-38(2,3)4/h6-8,10-19,26-28,32H,5,9,20H2,1-4H3/t26-,27-,28-/m1/s1. The molecule has 0 unspecified atom stereocenters. The zero-order valence-corrected chi connectivity index (χ0v) is 25.5. The van der Waals surface area contributed by atoms with Gasteiger partial charge in [0.25, 0.3) is 0 Å². The molecule has 0 aromatic heterocycles. The van der Waals surface area contributed by atoms with Gasteiger partial charge in [0.15, 0.2) is 0 Å². The summed E-state index contributed by atoms with van der Waals surface area (Å²) >= 11 is 2.28. The molecule has 6 nitrogen and oxygen atoms in total. The van der Waals surface area contributed by atoms with Gasteiger partial charge in [-0.05, 0) is 96.2 Å². The van der Waals surface area contributed by atoms with Crippen LogP contribution in [0.2, 0.25) is 19.6 Å². The largest absolute Gasteiger partial charge is 0.544 e. The molecule has 0 radical (unpaired) electrons. The number of nitrogens with zero attached hydrogens (tertiary/aromatic N) is 1. The lowest BCUT2D eigenvalue weighted by atomic mass is 9.87. The highest BCUT2D eigenvalue weighted by Crippen LogP contribution is 2.37. The van der Waals surface area contributed by atoms with E-state index in [9.17, 15) is 9.59 Å². The van der Waals surface area contributed by atoms with Crippen molar-refractivity contribution in [3.05, 3.63) is 93.6 Å². The van der Waals surface area contributed by atoms with Crippen molar-refractivity contribution in [2.75, 3.05) is 11.9 Å². The van der Waals surface area contributed by atoms with Crippen LogP contribution in [0.4, 0.5) is 10.5 Å². The molecule has 0 bridgehead atoms. The zero-order chi connectivity index (χ0) is 27.3. The number of halogens is 1. The highest BCUT2D eigenvalue weighted by Gasteiger charge is 2.43. The van der Waals surface area contributed by atoms with Crippen LogP contribution < -0.4 is 9.74 Å². The van der Waals surface area contributed by atoms with Crippen molar-refractivity contribution < 1.29 is 18.8 Å². The molecule has 0 saturated carbocycles. The van der Waals surface area contributed by atoms with Gasteiger partial charge >= 0.3 is 6.09 Å². The van der Waals surface area contributed by atoms with Crippen LogP contribution in [0, 0.1) is 9.49 Å². The van der Waals surface area contributed by atoms with E-state index in [1.165, 1.54) is 4.90 Å². The normalized spacial score (nSPS) is 17.0. The van der Waals surface area contributed by atoms with Crippen molar-refractivity contribution in [2.45, 2.75) is 51.5 Å². The maximum atomic E-state index is 14.2. The fourth-order valence-corrected chi connectivity index (χ4v) is 5.95. The SMILES string of the molecule is CCC[C@@H](C(=O)N1C(=O)OC[C@@H]1c1ccccc1)[C@H](Nc1ccc(I)cc1)c1ccc(O[Si](C)(C)C)cc1. The van der Waals surface area contributed by atoms with Gasteiger partial charge in [-0.3, -0.25) is 4.79 Å². The summed E-state index contributed by atoms with van der Waals surface area (Å²) in [6, 6.07) is 24.9. The van der Waals surface area contributed by atoms with Gasteiger partial charge < -0.3 is 14.5 Å². The van der Waals surface area contributed by atoms with Crippen molar-refractivity contribution in [2.24, 2.45) is 5.92 Å². The first kappa shape index (κ1) is 28.2. The third-order valence-electron chi connectivity index (χ3n) is 6.44. The molecule has 0 spiro atoms. The average molecular weight is 643 g/mol. The molecule has 1 aliphatic heterocycles. The first-order valence-corrected chi connectivity index (χ1v) is 17.5. The molecule has 2 amide bonds. The van der Waals surface area contributed by atoms with Crippen molar-refractivity contribution in [1.82, 2.24) is 4.90 Å². The molecule has 1 fully saturated rings. The van der Waals surface area contributed by atoms with Crippen LogP contribution in [0.3, 0.4) is 0 Å². The molecule has 3 aromatic carbocycles. The van der Waals surface area contributed by atoms with Crippen LogP contribution in [0.1, 0.15) is 43.0 Å². The smallest absolute Gasteiger partial charge is 0.417 e. The fraction of sp³-hybridized carbons (Fsp3) is 0.333. The summed E-state index contributed by atoms with van der Waals surface area (Å²) in [6.45, 7) is 8.66. The highest BCUT2D eigenvalue weighted by atomic mass is 127. The minimum Gasteiger partial charge on any atom is -0.544 e. The third kappa shape index (κ3) is 6.96. The Morgan fingerprint density at radius 1 is 1.05 bits per heavy atom. The van der Waals surface area contributed by atoms with E-state index in [4.69, 9.17) is 9.16 Å². The topological polar surface area (TPSA) is 67.9 Å². The molecule has 200 valence electrons. The molecule has 1 N–H and O–H groups in total. The van der Waals surface area contributed by atoms with Crippen LogP contribution in [0.5, 0.6) is 5.75 Å². The lowest BCUT2D eigenvalue weighted by molar-refractivity contribution is -0.134. The maximum Gasteiger partial charge on any atom is 0.417 e. The van der Waals surface area contributed by atoms with Gasteiger partial charge in [-0.2, -0.15) is 0 Å². The summed E-state index contributed by atoms with van der Waals surface area (Å²) in [7, 11) is -1.76. The Bertz CT molecular complexity index is 1230. The van der Waals surface area contributed by atoms with Crippen molar-refractivity contribution in [3.8, 4) is 5.75 Å². The number of hydrogen-bond donors (Lipinski definition) is 1. The molecule has 1 heterocycles. The van der Waals surface area contributed by atoms with E-state index >= 15 is 0 Å². The highest BCUT2D eigenvalue weighted by molar-refractivity contribution is 14.1. The number of carbonyl (C=O) groups excluding carboxylic acids is 2. The average Bonchev–Trinajstić information content (AvgIpc) is 3.28. The van der Waals surface area contributed by atoms with Gasteiger partial charge in [0.1, 0.15) is 18.4 Å². The first-order chi connectivity index (χ1) is 18.2. The molecule has 1 saturated heterocycles. The second-order valence-electron chi connectivity index (χ2n) is 10.5. The zero-order valence-electron chi connectivity index (χ0n) is 22.3. The molecular formula is C30H35IN2O4Si. The lowest BCUT2D eigenvalue weighted by Crippen LogP contribution is -2.42. The van der Waals surface area contributed by atoms with Gasteiger partial charge in [0.05, 0.1) is 12.0 Å². The fourth-order valence-electron chi connectivity index (χ4n) is 4.75. The predicted molar refractivity (Wildman–Crippen MR) is 162 cm³/mol. The van der Waals surface area contributed by atoms with E-state index in [1.807, 2.05) is 78.9 Å². The van der Waals surface area contributed by atoms with Gasteiger partial charge in [0, 0.05) is 9.26 Å². The summed E-state index contributed by atoms with van der Waals surface area (Å²) in [5.74, 6) is 0.111. The molecule has 1 aliphatic rings. The van der Waals surface area contributed by atoms with Gasteiger partial charge in [-0.15, -0.1) is 0 Å². The van der Waals surface area contributed by atoms with Crippen LogP contribution in [-0.4, -0.2) is 31.8 Å². The number of hydrogen-bond acceptors (Lipinski definition) is 5. The predicted octanol–water partition coefficient (Wildman–Crippen LogP) is 7.79. The van der Waals surface area contributed by atoms with E-state index in [0.717, 1.165) is 32.6 Å². The van der Waals surface area contributed by atoms with Gasteiger partial charge in [0.2, 0.25) is 14.2 Å². The Hall–Kier alpha value is -2.85. The van der Waals surface area contributed by atoms with Crippen LogP contribution in [0.25, 0.3) is 0 Å². The number of anilines is 1. The maximum absolute atomic E-state index is 14.2. The lowest BCUT2D eigenvalue weighted by Gasteiger charge is -2.32. The van der Waals surface area contributed by atoms with Crippen molar-refractivity contribution in [1.29, 1.82) is 0 Å². The Balaban J connectivity index is 1.71. The number of carbonyl (C=O) groups is 2. The number of nitrogens with one attached hydrogen (secondary N) is 1. The summed E-state index contributed by atoms with van der Waals surface area (Å²) in [4.78, 5) is 28.4. The van der Waals surface area contributed by atoms with E-state index in [2.05, 4.69) is 54.5 Å². The molecule has 4 rings (SSSR count). The quantitative estimate of drug-likeness (QED) is 0.181. The first-order valence-electron chi connectivity index (χ1n) is 13.0. The van der Waals surface area contributed by atoms with Crippen LogP contribution >= 0.6 is 22.6 Å². The Kier molecular flexibility index (Phi) is 9.14. The Morgan fingerprint density at radius 3 is 2.32 bits per heavy atom. The molecule has 3 aromatic rings. The number of cyclic esters (lactones) is 1. The summed E-state index contributed by atoms with van der Waals surface area (Å²) in [5.41, 5.74) is 2.76. The number of rotatable bonds is 10.